The van der Waals surface area contributed by atoms with Gasteiger partial charge in [-0.2, -0.15) is 0 Å². The number of nitrogens with zero attached hydrogens (tertiary/aromatic N) is 1. The minimum Gasteiger partial charge on any atom is -0.494 e. The minimum absolute atomic E-state index is 0.0164. The molecule has 6 nitrogen and oxygen atoms in total. The molecule has 1 fully saturated rings. The predicted octanol–water partition coefficient (Wildman–Crippen LogP) is 3.27. The van der Waals surface area contributed by atoms with Gasteiger partial charge in [0.05, 0.1) is 19.3 Å². The van der Waals surface area contributed by atoms with E-state index in [9.17, 15) is 9.18 Å². The molecule has 0 aliphatic heterocycles. The van der Waals surface area contributed by atoms with E-state index in [1.165, 1.54) is 19.4 Å². The molecule has 1 aromatic carbocycles. The summed E-state index contributed by atoms with van der Waals surface area (Å²) in [5.74, 6) is 0.349. The molecule has 0 radical (unpaired) electrons. The second-order valence-corrected chi connectivity index (χ2v) is 7.13. The lowest BCUT2D eigenvalue weighted by molar-refractivity contribution is -0.0500. The van der Waals surface area contributed by atoms with Gasteiger partial charge in [0.2, 0.25) is 0 Å². The van der Waals surface area contributed by atoms with E-state index in [1.54, 1.807) is 0 Å². The summed E-state index contributed by atoms with van der Waals surface area (Å²) in [6.45, 7) is 4.09. The summed E-state index contributed by atoms with van der Waals surface area (Å²) >= 11 is 0. The summed E-state index contributed by atoms with van der Waals surface area (Å²) in [6.07, 6.45) is 2.17. The summed E-state index contributed by atoms with van der Waals surface area (Å²) < 4.78 is 25.0. The van der Waals surface area contributed by atoms with Crippen molar-refractivity contribution in [3.05, 3.63) is 54.1 Å². The normalized spacial score (nSPS) is 20.3. The fourth-order valence-corrected chi connectivity index (χ4v) is 3.11. The molecule has 1 aliphatic carbocycles. The highest BCUT2D eigenvalue weighted by Gasteiger charge is 2.50. The van der Waals surface area contributed by atoms with Crippen molar-refractivity contribution in [3.8, 4) is 11.5 Å². The first-order valence-electron chi connectivity index (χ1n) is 8.85. The number of rotatable bonds is 6. The molecular formula is C20H24FN3O3. The summed E-state index contributed by atoms with van der Waals surface area (Å²) in [7, 11) is 1.38. The third kappa shape index (κ3) is 4.13. The third-order valence-corrected chi connectivity index (χ3v) is 5.07. The first kappa shape index (κ1) is 18.9. The Kier molecular flexibility index (Phi) is 5.48. The van der Waals surface area contributed by atoms with Crippen molar-refractivity contribution in [2.24, 2.45) is 5.41 Å². The van der Waals surface area contributed by atoms with Crippen LogP contribution in [0.15, 0.2) is 42.6 Å². The molecular weight excluding hydrogens is 349 g/mol. The van der Waals surface area contributed by atoms with Crippen molar-refractivity contribution < 1.29 is 18.7 Å². The van der Waals surface area contributed by atoms with Gasteiger partial charge in [-0.3, -0.25) is 4.98 Å². The quantitative estimate of drug-likeness (QED) is 0.815. The largest absolute Gasteiger partial charge is 0.494 e. The highest BCUT2D eigenvalue weighted by Crippen LogP contribution is 2.43. The maximum absolute atomic E-state index is 14.1. The monoisotopic (exact) mass is 373 g/mol. The average Bonchev–Trinajstić information content (AvgIpc) is 2.67. The number of ether oxygens (including phenoxy) is 2. The minimum atomic E-state index is -0.569. The molecule has 0 unspecified atom stereocenters. The molecule has 0 spiro atoms. The SMILES string of the molecule is COc1ccnc(CNC(=O)N[C@H]2C[C@@H](Oc3ccccc3)C2(C)C)c1F. The van der Waals surface area contributed by atoms with Crippen LogP contribution in [0.3, 0.4) is 0 Å². The number of carbonyl (C=O) groups is 1. The van der Waals surface area contributed by atoms with Crippen molar-refractivity contribution in [2.45, 2.75) is 39.0 Å². The zero-order valence-corrected chi connectivity index (χ0v) is 15.7. The zero-order valence-electron chi connectivity index (χ0n) is 15.7. The second kappa shape index (κ2) is 7.82. The molecule has 0 bridgehead atoms. The molecule has 2 aromatic rings. The molecule has 0 saturated heterocycles. The van der Waals surface area contributed by atoms with Crippen LogP contribution in [0, 0.1) is 11.2 Å². The van der Waals surface area contributed by atoms with Crippen molar-refractivity contribution in [3.63, 3.8) is 0 Å². The van der Waals surface area contributed by atoms with E-state index in [-0.39, 0.29) is 41.6 Å². The Morgan fingerprint density at radius 2 is 2.04 bits per heavy atom. The first-order valence-corrected chi connectivity index (χ1v) is 8.85. The van der Waals surface area contributed by atoms with Gasteiger partial charge in [-0.05, 0) is 12.1 Å². The average molecular weight is 373 g/mol. The van der Waals surface area contributed by atoms with Crippen molar-refractivity contribution in [1.29, 1.82) is 0 Å². The highest BCUT2D eigenvalue weighted by atomic mass is 19.1. The van der Waals surface area contributed by atoms with Gasteiger partial charge in [0.15, 0.2) is 11.6 Å². The van der Waals surface area contributed by atoms with E-state index in [1.807, 2.05) is 30.3 Å². The van der Waals surface area contributed by atoms with Crippen LogP contribution < -0.4 is 20.1 Å². The van der Waals surface area contributed by atoms with E-state index in [0.717, 1.165) is 5.75 Å². The van der Waals surface area contributed by atoms with E-state index >= 15 is 0 Å². The van der Waals surface area contributed by atoms with E-state index in [2.05, 4.69) is 29.5 Å². The fraction of sp³-hybridized carbons (Fsp3) is 0.400. The Labute approximate surface area is 158 Å². The Morgan fingerprint density at radius 1 is 1.30 bits per heavy atom. The van der Waals surface area contributed by atoms with Gasteiger partial charge in [-0.1, -0.05) is 32.0 Å². The smallest absolute Gasteiger partial charge is 0.315 e. The molecule has 7 heteroatoms. The molecule has 2 N–H and O–H groups in total. The number of methoxy groups -OCH3 is 1. The van der Waals surface area contributed by atoms with Gasteiger partial charge >= 0.3 is 6.03 Å². The number of pyridine rings is 1. The fourth-order valence-electron chi connectivity index (χ4n) is 3.11. The summed E-state index contributed by atoms with van der Waals surface area (Å²) in [4.78, 5) is 16.1. The predicted molar refractivity (Wildman–Crippen MR) is 99.2 cm³/mol. The number of benzene rings is 1. The number of nitrogens with one attached hydrogen (secondary N) is 2. The summed E-state index contributed by atoms with van der Waals surface area (Å²) in [6, 6.07) is 10.7. The highest BCUT2D eigenvalue weighted by molar-refractivity contribution is 5.74. The lowest BCUT2D eigenvalue weighted by atomic mass is 9.64. The Morgan fingerprint density at radius 3 is 2.70 bits per heavy atom. The van der Waals surface area contributed by atoms with Gasteiger partial charge in [0.25, 0.3) is 0 Å². The van der Waals surface area contributed by atoms with Crippen LogP contribution in [-0.2, 0) is 6.54 Å². The van der Waals surface area contributed by atoms with Crippen LogP contribution in [0.2, 0.25) is 0 Å². The van der Waals surface area contributed by atoms with Crippen LogP contribution in [0.25, 0.3) is 0 Å². The number of para-hydroxylation sites is 1. The van der Waals surface area contributed by atoms with Crippen LogP contribution in [0.1, 0.15) is 26.0 Å². The van der Waals surface area contributed by atoms with Gasteiger partial charge < -0.3 is 20.1 Å². The lowest BCUT2D eigenvalue weighted by Crippen LogP contribution is -2.64. The molecule has 2 atom stereocenters. The van der Waals surface area contributed by atoms with Crippen molar-refractivity contribution in [2.75, 3.05) is 7.11 Å². The van der Waals surface area contributed by atoms with E-state index in [0.29, 0.717) is 6.42 Å². The van der Waals surface area contributed by atoms with Crippen LogP contribution in [0.5, 0.6) is 11.5 Å². The zero-order chi connectivity index (χ0) is 19.4. The number of aromatic nitrogens is 1. The Hall–Kier alpha value is -2.83. The number of carbonyl (C=O) groups excluding carboxylic acids is 1. The second-order valence-electron chi connectivity index (χ2n) is 7.13. The van der Waals surface area contributed by atoms with Crippen molar-refractivity contribution in [1.82, 2.24) is 15.6 Å². The molecule has 1 aromatic heterocycles. The van der Waals surface area contributed by atoms with Crippen molar-refractivity contribution >= 4 is 6.03 Å². The molecule has 1 saturated carbocycles. The van der Waals surface area contributed by atoms with Crippen LogP contribution in [0.4, 0.5) is 9.18 Å². The molecule has 27 heavy (non-hydrogen) atoms. The van der Waals surface area contributed by atoms with Gasteiger partial charge in [-0.25, -0.2) is 9.18 Å². The lowest BCUT2D eigenvalue weighted by Gasteiger charge is -2.51. The topological polar surface area (TPSA) is 72.5 Å². The summed E-state index contributed by atoms with van der Waals surface area (Å²) in [5, 5.41) is 5.57. The van der Waals surface area contributed by atoms with Crippen LogP contribution in [-0.4, -0.2) is 30.3 Å². The Balaban J connectivity index is 1.50. The van der Waals surface area contributed by atoms with E-state index < -0.39 is 5.82 Å². The number of hydrogen-bond donors (Lipinski definition) is 2. The Bertz CT molecular complexity index is 798. The molecule has 144 valence electrons. The van der Waals surface area contributed by atoms with Gasteiger partial charge in [0.1, 0.15) is 11.9 Å². The van der Waals surface area contributed by atoms with Crippen LogP contribution >= 0.6 is 0 Å². The van der Waals surface area contributed by atoms with E-state index in [4.69, 9.17) is 9.47 Å². The number of amides is 2. The molecule has 1 heterocycles. The molecule has 1 aliphatic rings. The number of hydrogen-bond acceptors (Lipinski definition) is 4. The number of urea groups is 1. The maximum atomic E-state index is 14.1. The summed E-state index contributed by atoms with van der Waals surface area (Å²) in [5.41, 5.74) is -0.0882. The van der Waals surface area contributed by atoms with Gasteiger partial charge in [0, 0.05) is 30.1 Å². The van der Waals surface area contributed by atoms with Gasteiger partial charge in [-0.15, -0.1) is 0 Å². The standard InChI is InChI=1S/C20H24FN3O3/c1-20(2)16(11-17(20)27-13-7-5-4-6-8-13)24-19(25)23-12-14-18(21)15(26-3)9-10-22-14/h4-10,16-17H,11-12H2,1-3H3,(H2,23,24,25)/t16-,17+/m0/s1. The molecule has 2 amide bonds. The first-order chi connectivity index (χ1) is 12.9. The molecule has 3 rings (SSSR count). The number of halogens is 1. The maximum Gasteiger partial charge on any atom is 0.315 e. The third-order valence-electron chi connectivity index (χ3n) is 5.07.